The minimum Gasteiger partial charge on any atom is -0.453 e. The van der Waals surface area contributed by atoms with Crippen LogP contribution in [-0.4, -0.2) is 19.2 Å². The SMILES string of the molecule is COC(=O)Nc1cccc(NC2C(C)CCCC2C)c1. The fraction of sp³-hybridized carbons (Fsp3) is 0.562. The summed E-state index contributed by atoms with van der Waals surface area (Å²) in [4.78, 5) is 11.2. The van der Waals surface area contributed by atoms with Gasteiger partial charge in [0.15, 0.2) is 0 Å². The van der Waals surface area contributed by atoms with Crippen molar-refractivity contribution in [2.45, 2.75) is 39.2 Å². The van der Waals surface area contributed by atoms with E-state index in [2.05, 4.69) is 29.2 Å². The predicted octanol–water partition coefficient (Wildman–Crippen LogP) is 4.10. The number of ether oxygens (including phenoxy) is 1. The first-order valence-corrected chi connectivity index (χ1v) is 7.31. The van der Waals surface area contributed by atoms with Crippen molar-refractivity contribution < 1.29 is 9.53 Å². The maximum absolute atomic E-state index is 11.2. The molecule has 0 heterocycles. The highest BCUT2D eigenvalue weighted by Gasteiger charge is 2.27. The summed E-state index contributed by atoms with van der Waals surface area (Å²) >= 11 is 0. The second kappa shape index (κ2) is 6.64. The van der Waals surface area contributed by atoms with Crippen molar-refractivity contribution >= 4 is 17.5 Å². The number of carbonyl (C=O) groups is 1. The van der Waals surface area contributed by atoms with E-state index in [9.17, 15) is 4.79 Å². The monoisotopic (exact) mass is 276 g/mol. The highest BCUT2D eigenvalue weighted by molar-refractivity contribution is 5.85. The lowest BCUT2D eigenvalue weighted by atomic mass is 9.78. The van der Waals surface area contributed by atoms with E-state index in [0.29, 0.717) is 17.9 Å². The predicted molar refractivity (Wildman–Crippen MR) is 82.1 cm³/mol. The highest BCUT2D eigenvalue weighted by Crippen LogP contribution is 2.31. The van der Waals surface area contributed by atoms with Gasteiger partial charge in [-0.3, -0.25) is 5.32 Å². The standard InChI is InChI=1S/C16H24N2O2/c1-11-6-4-7-12(2)15(11)17-13-8-5-9-14(10-13)18-16(19)20-3/h5,8-12,15,17H,4,6-7H2,1-3H3,(H,18,19). The lowest BCUT2D eigenvalue weighted by Crippen LogP contribution is -2.37. The molecule has 1 fully saturated rings. The van der Waals surface area contributed by atoms with E-state index in [1.165, 1.54) is 26.4 Å². The minimum atomic E-state index is -0.443. The Balaban J connectivity index is 2.05. The molecule has 0 saturated heterocycles. The Labute approximate surface area is 120 Å². The number of amides is 1. The van der Waals surface area contributed by atoms with E-state index in [0.717, 1.165) is 11.4 Å². The van der Waals surface area contributed by atoms with Crippen molar-refractivity contribution in [2.24, 2.45) is 11.8 Å². The maximum Gasteiger partial charge on any atom is 0.411 e. The number of nitrogens with one attached hydrogen (secondary N) is 2. The van der Waals surface area contributed by atoms with Gasteiger partial charge in [0, 0.05) is 17.4 Å². The van der Waals surface area contributed by atoms with Crippen molar-refractivity contribution in [3.63, 3.8) is 0 Å². The number of anilines is 2. The molecule has 1 aromatic rings. The molecule has 0 bridgehead atoms. The molecule has 1 saturated carbocycles. The van der Waals surface area contributed by atoms with Gasteiger partial charge in [0.2, 0.25) is 0 Å². The second-order valence-corrected chi connectivity index (χ2v) is 5.75. The summed E-state index contributed by atoms with van der Waals surface area (Å²) in [6.45, 7) is 4.62. The third-order valence-electron chi connectivity index (χ3n) is 4.17. The normalized spacial score (nSPS) is 25.9. The highest BCUT2D eigenvalue weighted by atomic mass is 16.5. The van der Waals surface area contributed by atoms with Crippen LogP contribution in [0.5, 0.6) is 0 Å². The number of carbonyl (C=O) groups excluding carboxylic acids is 1. The summed E-state index contributed by atoms with van der Waals surface area (Å²) in [6.07, 6.45) is 3.44. The Kier molecular flexibility index (Phi) is 4.88. The molecule has 1 aliphatic rings. The molecule has 1 amide bonds. The van der Waals surface area contributed by atoms with Gasteiger partial charge in [-0.1, -0.05) is 26.3 Å². The van der Waals surface area contributed by atoms with Crippen LogP contribution in [0.2, 0.25) is 0 Å². The molecule has 0 aromatic heterocycles. The van der Waals surface area contributed by atoms with Gasteiger partial charge < -0.3 is 10.1 Å². The summed E-state index contributed by atoms with van der Waals surface area (Å²) in [7, 11) is 1.36. The van der Waals surface area contributed by atoms with Crippen LogP contribution in [0.15, 0.2) is 24.3 Å². The summed E-state index contributed by atoms with van der Waals surface area (Å²) in [5, 5.41) is 6.31. The Hall–Kier alpha value is -1.71. The van der Waals surface area contributed by atoms with Crippen LogP contribution in [0.25, 0.3) is 0 Å². The van der Waals surface area contributed by atoms with E-state index in [1.54, 1.807) is 0 Å². The van der Waals surface area contributed by atoms with Crippen molar-refractivity contribution in [3.8, 4) is 0 Å². The van der Waals surface area contributed by atoms with E-state index in [4.69, 9.17) is 0 Å². The lowest BCUT2D eigenvalue weighted by molar-refractivity contribution is 0.187. The first-order valence-electron chi connectivity index (χ1n) is 7.31. The second-order valence-electron chi connectivity index (χ2n) is 5.75. The topological polar surface area (TPSA) is 50.4 Å². The van der Waals surface area contributed by atoms with E-state index < -0.39 is 6.09 Å². The molecule has 2 atom stereocenters. The molecule has 20 heavy (non-hydrogen) atoms. The van der Waals surface area contributed by atoms with Gasteiger partial charge in [-0.05, 0) is 42.9 Å². The third-order valence-corrected chi connectivity index (χ3v) is 4.17. The molecule has 0 spiro atoms. The molecule has 4 heteroatoms. The van der Waals surface area contributed by atoms with Crippen molar-refractivity contribution in [2.75, 3.05) is 17.7 Å². The Morgan fingerprint density at radius 2 is 1.85 bits per heavy atom. The summed E-state index contributed by atoms with van der Waals surface area (Å²) < 4.78 is 4.61. The summed E-state index contributed by atoms with van der Waals surface area (Å²) in [5.74, 6) is 1.35. The zero-order chi connectivity index (χ0) is 14.5. The number of methoxy groups -OCH3 is 1. The van der Waals surface area contributed by atoms with Crippen LogP contribution in [-0.2, 0) is 4.74 Å². The van der Waals surface area contributed by atoms with E-state index in [-0.39, 0.29) is 0 Å². The summed E-state index contributed by atoms with van der Waals surface area (Å²) in [6, 6.07) is 8.28. The fourth-order valence-electron chi connectivity index (χ4n) is 3.01. The molecule has 1 aromatic carbocycles. The molecule has 110 valence electrons. The summed E-state index contributed by atoms with van der Waals surface area (Å²) in [5.41, 5.74) is 1.79. The minimum absolute atomic E-state index is 0.443. The van der Waals surface area contributed by atoms with Gasteiger partial charge in [0.1, 0.15) is 0 Å². The van der Waals surface area contributed by atoms with Crippen LogP contribution >= 0.6 is 0 Å². The quantitative estimate of drug-likeness (QED) is 0.873. The molecular formula is C16H24N2O2. The third kappa shape index (κ3) is 3.65. The molecule has 1 aliphatic carbocycles. The van der Waals surface area contributed by atoms with Gasteiger partial charge in [0.05, 0.1) is 7.11 Å². The molecule has 2 rings (SSSR count). The first-order chi connectivity index (χ1) is 9.60. The Bertz CT molecular complexity index is 452. The molecule has 2 unspecified atom stereocenters. The van der Waals surface area contributed by atoms with Crippen LogP contribution in [0.4, 0.5) is 16.2 Å². The zero-order valence-corrected chi connectivity index (χ0v) is 12.5. The number of rotatable bonds is 3. The Morgan fingerprint density at radius 3 is 2.50 bits per heavy atom. The van der Waals surface area contributed by atoms with Crippen LogP contribution in [0.3, 0.4) is 0 Å². The number of benzene rings is 1. The van der Waals surface area contributed by atoms with Gasteiger partial charge in [-0.25, -0.2) is 4.79 Å². The van der Waals surface area contributed by atoms with Crippen LogP contribution in [0.1, 0.15) is 33.1 Å². The lowest BCUT2D eigenvalue weighted by Gasteiger charge is -2.36. The molecular weight excluding hydrogens is 252 g/mol. The average Bonchev–Trinajstić information content (AvgIpc) is 2.43. The zero-order valence-electron chi connectivity index (χ0n) is 12.5. The van der Waals surface area contributed by atoms with E-state index >= 15 is 0 Å². The van der Waals surface area contributed by atoms with E-state index in [1.807, 2.05) is 24.3 Å². The first kappa shape index (κ1) is 14.7. The number of hydrogen-bond acceptors (Lipinski definition) is 3. The average molecular weight is 276 g/mol. The Morgan fingerprint density at radius 1 is 1.20 bits per heavy atom. The molecule has 2 N–H and O–H groups in total. The van der Waals surface area contributed by atoms with Crippen LogP contribution in [0, 0.1) is 11.8 Å². The molecule has 0 aliphatic heterocycles. The molecule has 4 nitrogen and oxygen atoms in total. The largest absolute Gasteiger partial charge is 0.453 e. The smallest absolute Gasteiger partial charge is 0.411 e. The van der Waals surface area contributed by atoms with Crippen molar-refractivity contribution in [1.82, 2.24) is 0 Å². The fourth-order valence-corrected chi connectivity index (χ4v) is 3.01. The van der Waals surface area contributed by atoms with Crippen molar-refractivity contribution in [1.29, 1.82) is 0 Å². The van der Waals surface area contributed by atoms with Gasteiger partial charge in [0.25, 0.3) is 0 Å². The van der Waals surface area contributed by atoms with Gasteiger partial charge in [-0.15, -0.1) is 0 Å². The van der Waals surface area contributed by atoms with Gasteiger partial charge in [-0.2, -0.15) is 0 Å². The maximum atomic E-state index is 11.2. The number of hydrogen-bond donors (Lipinski definition) is 2. The van der Waals surface area contributed by atoms with Crippen LogP contribution < -0.4 is 10.6 Å². The van der Waals surface area contributed by atoms with Crippen molar-refractivity contribution in [3.05, 3.63) is 24.3 Å². The molecule has 0 radical (unpaired) electrons. The van der Waals surface area contributed by atoms with Gasteiger partial charge >= 0.3 is 6.09 Å².